The lowest BCUT2D eigenvalue weighted by Crippen LogP contribution is -2.34. The molecule has 0 aromatic heterocycles. The lowest BCUT2D eigenvalue weighted by molar-refractivity contribution is -0.140. The van der Waals surface area contributed by atoms with E-state index in [0.717, 1.165) is 0 Å². The molecule has 2 aliphatic rings. The van der Waals surface area contributed by atoms with Gasteiger partial charge >= 0.3 is 0 Å². The number of hydrogen-bond acceptors (Lipinski definition) is 3. The topological polar surface area (TPSA) is 66.5 Å². The van der Waals surface area contributed by atoms with Gasteiger partial charge in [-0.3, -0.25) is 19.3 Å². The number of fused-ring (bicyclic) bond motifs is 1. The Hall–Kier alpha value is -1.85. The van der Waals surface area contributed by atoms with Gasteiger partial charge in [0.25, 0.3) is 0 Å². The zero-order chi connectivity index (χ0) is 17.3. The Kier molecular flexibility index (Phi) is 4.92. The van der Waals surface area contributed by atoms with Crippen LogP contribution < -0.4 is 5.32 Å². The van der Waals surface area contributed by atoms with Crippen LogP contribution in [0.15, 0.2) is 30.4 Å². The van der Waals surface area contributed by atoms with Gasteiger partial charge in [-0.25, -0.2) is 0 Å². The van der Waals surface area contributed by atoms with E-state index in [0.29, 0.717) is 28.6 Å². The Balaban J connectivity index is 1.59. The number of hydrogen-bond donors (Lipinski definition) is 1. The molecule has 3 rings (SSSR count). The third-order valence-corrected chi connectivity index (χ3v) is 4.93. The predicted molar refractivity (Wildman–Crippen MR) is 91.8 cm³/mol. The Morgan fingerprint density at radius 1 is 1.12 bits per heavy atom. The smallest absolute Gasteiger partial charge is 0.233 e. The third kappa shape index (κ3) is 3.32. The maximum atomic E-state index is 12.3. The molecule has 1 aliphatic carbocycles. The molecule has 3 amide bonds. The van der Waals surface area contributed by atoms with Crippen molar-refractivity contribution >= 4 is 46.6 Å². The van der Waals surface area contributed by atoms with Gasteiger partial charge in [0.05, 0.1) is 22.5 Å². The number of nitrogens with one attached hydrogen (secondary N) is 1. The number of amides is 3. The summed E-state index contributed by atoms with van der Waals surface area (Å²) in [7, 11) is 0. The summed E-state index contributed by atoms with van der Waals surface area (Å²) in [5, 5.41) is 3.48. The van der Waals surface area contributed by atoms with E-state index in [4.69, 9.17) is 23.2 Å². The number of likely N-dealkylation sites (tertiary alicyclic amines) is 1. The standard InChI is InChI=1S/C17H16Cl2N2O3/c18-10-5-6-13(19)14(9-10)20-15(22)7-8-21-16(23)11-3-1-2-4-12(11)17(21)24/h1-2,5-6,9,11-12H,3-4,7-8H2,(H,20,22)/t11-,12+. The van der Waals surface area contributed by atoms with Crippen LogP contribution >= 0.6 is 23.2 Å². The van der Waals surface area contributed by atoms with Gasteiger partial charge in [0.1, 0.15) is 0 Å². The second-order valence-corrected chi connectivity index (χ2v) is 6.75. The van der Waals surface area contributed by atoms with E-state index in [9.17, 15) is 14.4 Å². The van der Waals surface area contributed by atoms with Gasteiger partial charge in [-0.2, -0.15) is 0 Å². The third-order valence-electron chi connectivity index (χ3n) is 4.36. The molecule has 1 N–H and O–H groups in total. The predicted octanol–water partition coefficient (Wildman–Crippen LogP) is 3.27. The molecule has 7 heteroatoms. The second kappa shape index (κ2) is 6.95. The molecule has 1 aliphatic heterocycles. The molecule has 0 radical (unpaired) electrons. The van der Waals surface area contributed by atoms with E-state index in [2.05, 4.69) is 5.32 Å². The summed E-state index contributed by atoms with van der Waals surface area (Å²) < 4.78 is 0. The number of rotatable bonds is 4. The molecule has 5 nitrogen and oxygen atoms in total. The molecule has 0 spiro atoms. The molecule has 0 bridgehead atoms. The average Bonchev–Trinajstić information content (AvgIpc) is 2.81. The number of halogens is 2. The van der Waals surface area contributed by atoms with Gasteiger partial charge in [0.2, 0.25) is 17.7 Å². The molecule has 2 atom stereocenters. The maximum absolute atomic E-state index is 12.3. The summed E-state index contributed by atoms with van der Waals surface area (Å²) in [5.41, 5.74) is 0.408. The number of nitrogens with zero attached hydrogens (tertiary/aromatic N) is 1. The molecule has 126 valence electrons. The average molecular weight is 367 g/mol. The van der Waals surface area contributed by atoms with Gasteiger partial charge in [0.15, 0.2) is 0 Å². The Morgan fingerprint density at radius 3 is 2.38 bits per heavy atom. The van der Waals surface area contributed by atoms with Crippen LogP contribution in [-0.4, -0.2) is 29.2 Å². The summed E-state index contributed by atoms with van der Waals surface area (Å²) >= 11 is 11.9. The fourth-order valence-electron chi connectivity index (χ4n) is 3.11. The van der Waals surface area contributed by atoms with Gasteiger partial charge in [-0.15, -0.1) is 0 Å². The first-order chi connectivity index (χ1) is 11.5. The van der Waals surface area contributed by atoms with Crippen LogP contribution in [0.3, 0.4) is 0 Å². The number of anilines is 1. The van der Waals surface area contributed by atoms with E-state index < -0.39 is 0 Å². The van der Waals surface area contributed by atoms with E-state index in [1.165, 1.54) is 4.90 Å². The minimum absolute atomic E-state index is 0.0210. The van der Waals surface area contributed by atoms with Crippen molar-refractivity contribution in [2.24, 2.45) is 11.8 Å². The van der Waals surface area contributed by atoms with Crippen LogP contribution in [-0.2, 0) is 14.4 Å². The lowest BCUT2D eigenvalue weighted by atomic mass is 9.85. The van der Waals surface area contributed by atoms with E-state index >= 15 is 0 Å². The summed E-state index contributed by atoms with van der Waals surface area (Å²) in [4.78, 5) is 37.9. The molecule has 1 heterocycles. The van der Waals surface area contributed by atoms with Crippen molar-refractivity contribution in [2.75, 3.05) is 11.9 Å². The Morgan fingerprint density at radius 2 is 1.75 bits per heavy atom. The normalized spacial score (nSPS) is 22.7. The van der Waals surface area contributed by atoms with Crippen LogP contribution in [0.25, 0.3) is 0 Å². The summed E-state index contributed by atoms with van der Waals surface area (Å²) in [6, 6.07) is 4.76. The van der Waals surface area contributed by atoms with Crippen molar-refractivity contribution in [3.05, 3.63) is 40.4 Å². The highest BCUT2D eigenvalue weighted by Gasteiger charge is 2.46. The largest absolute Gasteiger partial charge is 0.325 e. The summed E-state index contributed by atoms with van der Waals surface area (Å²) in [6.45, 7) is 0.0781. The van der Waals surface area contributed by atoms with Gasteiger partial charge in [-0.05, 0) is 31.0 Å². The highest BCUT2D eigenvalue weighted by Crippen LogP contribution is 2.35. The molecular formula is C17H16Cl2N2O3. The summed E-state index contributed by atoms with van der Waals surface area (Å²) in [6.07, 6.45) is 5.08. The monoisotopic (exact) mass is 366 g/mol. The molecule has 1 saturated heterocycles. The van der Waals surface area contributed by atoms with Crippen molar-refractivity contribution in [1.29, 1.82) is 0 Å². The SMILES string of the molecule is O=C(CCN1C(=O)[C@H]2CC=CC[C@H]2C1=O)Nc1cc(Cl)ccc1Cl. The number of allylic oxidation sites excluding steroid dienone is 2. The highest BCUT2D eigenvalue weighted by molar-refractivity contribution is 6.35. The zero-order valence-electron chi connectivity index (χ0n) is 12.8. The van der Waals surface area contributed by atoms with Crippen molar-refractivity contribution in [1.82, 2.24) is 4.90 Å². The van der Waals surface area contributed by atoms with Gasteiger partial charge in [0, 0.05) is 18.0 Å². The lowest BCUT2D eigenvalue weighted by Gasteiger charge is -2.14. The van der Waals surface area contributed by atoms with Crippen LogP contribution in [0, 0.1) is 11.8 Å². The van der Waals surface area contributed by atoms with E-state index in [1.54, 1.807) is 18.2 Å². The van der Waals surface area contributed by atoms with Crippen LogP contribution in [0.1, 0.15) is 19.3 Å². The number of benzene rings is 1. The molecule has 1 aromatic rings. The first-order valence-electron chi connectivity index (χ1n) is 7.72. The van der Waals surface area contributed by atoms with Gasteiger partial charge in [-0.1, -0.05) is 35.4 Å². The van der Waals surface area contributed by atoms with Crippen molar-refractivity contribution in [3.8, 4) is 0 Å². The molecule has 0 unspecified atom stereocenters. The van der Waals surface area contributed by atoms with Crippen molar-refractivity contribution in [2.45, 2.75) is 19.3 Å². The number of imide groups is 1. The fraction of sp³-hybridized carbons (Fsp3) is 0.353. The van der Waals surface area contributed by atoms with Crippen molar-refractivity contribution in [3.63, 3.8) is 0 Å². The Labute approximate surface area is 149 Å². The van der Waals surface area contributed by atoms with Crippen molar-refractivity contribution < 1.29 is 14.4 Å². The number of carbonyl (C=O) groups excluding carboxylic acids is 3. The first-order valence-corrected chi connectivity index (χ1v) is 8.48. The van der Waals surface area contributed by atoms with Crippen LogP contribution in [0.5, 0.6) is 0 Å². The van der Waals surface area contributed by atoms with Crippen LogP contribution in [0.2, 0.25) is 10.0 Å². The maximum Gasteiger partial charge on any atom is 0.233 e. The molecular weight excluding hydrogens is 351 g/mol. The molecule has 1 aromatic carbocycles. The fourth-order valence-corrected chi connectivity index (χ4v) is 3.45. The van der Waals surface area contributed by atoms with Gasteiger partial charge < -0.3 is 5.32 Å². The zero-order valence-corrected chi connectivity index (χ0v) is 14.3. The summed E-state index contributed by atoms with van der Waals surface area (Å²) in [5.74, 6) is -1.22. The van der Waals surface area contributed by atoms with E-state index in [-0.39, 0.29) is 42.5 Å². The number of carbonyl (C=O) groups is 3. The first kappa shape index (κ1) is 17.0. The molecule has 24 heavy (non-hydrogen) atoms. The highest BCUT2D eigenvalue weighted by atomic mass is 35.5. The Bertz CT molecular complexity index is 707. The minimum atomic E-state index is -0.326. The van der Waals surface area contributed by atoms with E-state index in [1.807, 2.05) is 12.2 Å². The molecule has 0 saturated carbocycles. The molecule has 1 fully saturated rings. The quantitative estimate of drug-likeness (QED) is 0.656. The van der Waals surface area contributed by atoms with Crippen LogP contribution in [0.4, 0.5) is 5.69 Å². The second-order valence-electron chi connectivity index (χ2n) is 5.91. The minimum Gasteiger partial charge on any atom is -0.325 e.